The van der Waals surface area contributed by atoms with Crippen molar-refractivity contribution in [1.29, 1.82) is 0 Å². The van der Waals surface area contributed by atoms with Gasteiger partial charge in [0.05, 0.1) is 5.41 Å². The van der Waals surface area contributed by atoms with Crippen molar-refractivity contribution >= 4 is 11.8 Å². The van der Waals surface area contributed by atoms with Crippen molar-refractivity contribution in [2.45, 2.75) is 54.3 Å². The molecule has 1 fully saturated rings. The molecule has 0 aromatic heterocycles. The van der Waals surface area contributed by atoms with Crippen LogP contribution in [0.3, 0.4) is 0 Å². The first-order chi connectivity index (χ1) is 12.3. The predicted molar refractivity (Wildman–Crippen MR) is 79.8 cm³/mol. The van der Waals surface area contributed by atoms with Crippen LogP contribution >= 0.6 is 11.8 Å². The molecule has 0 spiro atoms. The topological polar surface area (TPSA) is 29.5 Å². The van der Waals surface area contributed by atoms with Crippen molar-refractivity contribution in [2.24, 2.45) is 5.41 Å². The van der Waals surface area contributed by atoms with E-state index in [1.54, 1.807) is 0 Å². The number of thioether (sulfide) groups is 1. The molecular weight excluding hydrogens is 408 g/mol. The number of hydrogen-bond donors (Lipinski definition) is 1. The van der Waals surface area contributed by atoms with E-state index in [1.807, 2.05) is 0 Å². The molecule has 2 aliphatic rings. The van der Waals surface area contributed by atoms with E-state index in [2.05, 4.69) is 0 Å². The quantitative estimate of drug-likeness (QED) is 0.504. The van der Waals surface area contributed by atoms with Crippen LogP contribution in [0, 0.1) is 5.41 Å². The molecule has 0 aliphatic heterocycles. The Morgan fingerprint density at radius 3 is 2.22 bits per heavy atom. The number of fused-ring (bicyclic) bond motifs is 1. The highest BCUT2D eigenvalue weighted by Gasteiger charge is 2.59. The lowest BCUT2D eigenvalue weighted by atomic mass is 9.69. The van der Waals surface area contributed by atoms with Crippen molar-refractivity contribution < 1.29 is 45.0 Å². The second-order valence-corrected chi connectivity index (χ2v) is 7.87. The fourth-order valence-electron chi connectivity index (χ4n) is 3.33. The summed E-state index contributed by atoms with van der Waals surface area (Å²) in [6.45, 7) is -0.809. The third kappa shape index (κ3) is 3.72. The summed E-state index contributed by atoms with van der Waals surface area (Å²) in [6, 6.07) is 1.78. The molecule has 1 atom stereocenters. The lowest BCUT2D eigenvalue weighted by molar-refractivity contribution is -0.259. The number of alkyl halides is 8. The largest absolute Gasteiger partial charge is 0.492 e. The molecule has 1 N–H and O–H groups in total. The zero-order valence-electron chi connectivity index (χ0n) is 13.6. The highest BCUT2D eigenvalue weighted by atomic mass is 32.2. The smallest absolute Gasteiger partial charge is 0.446 e. The zero-order valence-corrected chi connectivity index (χ0v) is 14.4. The number of hydrogen-bond acceptors (Lipinski definition) is 3. The van der Waals surface area contributed by atoms with E-state index >= 15 is 0 Å². The molecule has 27 heavy (non-hydrogen) atoms. The number of rotatable bonds is 4. The van der Waals surface area contributed by atoms with Gasteiger partial charge in [-0.1, -0.05) is 6.42 Å². The average molecular weight is 422 g/mol. The summed E-state index contributed by atoms with van der Waals surface area (Å²) in [4.78, 5) is -0.622. The van der Waals surface area contributed by atoms with Gasteiger partial charge in [0, 0.05) is 22.4 Å². The van der Waals surface area contributed by atoms with Gasteiger partial charge in [0.1, 0.15) is 18.5 Å². The first kappa shape index (κ1) is 20.5. The number of aliphatic hydroxyl groups excluding tert-OH is 1. The Labute approximate surface area is 152 Å². The summed E-state index contributed by atoms with van der Waals surface area (Å²) >= 11 is -0.666. The van der Waals surface area contributed by atoms with Crippen molar-refractivity contribution in [3.8, 4) is 5.75 Å². The molecule has 152 valence electrons. The Morgan fingerprint density at radius 2 is 1.74 bits per heavy atom. The summed E-state index contributed by atoms with van der Waals surface area (Å²) in [5.41, 5.74) is -7.90. The van der Waals surface area contributed by atoms with Crippen LogP contribution in [0.1, 0.15) is 36.5 Å². The number of halogens is 8. The van der Waals surface area contributed by atoms with Crippen molar-refractivity contribution in [3.63, 3.8) is 0 Å². The van der Waals surface area contributed by atoms with E-state index in [0.29, 0.717) is 6.42 Å². The van der Waals surface area contributed by atoms with Gasteiger partial charge in [0.25, 0.3) is 5.92 Å². The van der Waals surface area contributed by atoms with Crippen LogP contribution in [0.5, 0.6) is 5.75 Å². The molecular formula is C16H14F8O2S. The fraction of sp³-hybridized carbons (Fsp3) is 0.625. The molecule has 1 aromatic carbocycles. The Morgan fingerprint density at radius 1 is 1.11 bits per heavy atom. The monoisotopic (exact) mass is 422 g/mol. The predicted octanol–water partition coefficient (Wildman–Crippen LogP) is 5.63. The maximum atomic E-state index is 13.9. The maximum absolute atomic E-state index is 13.9. The van der Waals surface area contributed by atoms with Gasteiger partial charge in [-0.2, -0.15) is 26.3 Å². The Balaban J connectivity index is 1.92. The molecule has 3 rings (SSSR count). The summed E-state index contributed by atoms with van der Waals surface area (Å²) < 4.78 is 110. The first-order valence-corrected chi connectivity index (χ1v) is 8.74. The Hall–Kier alpha value is -1.23. The second kappa shape index (κ2) is 6.40. The molecule has 2 nitrogen and oxygen atoms in total. The van der Waals surface area contributed by atoms with Crippen molar-refractivity contribution in [2.75, 3.05) is 6.61 Å². The highest BCUT2D eigenvalue weighted by Crippen LogP contribution is 2.55. The van der Waals surface area contributed by atoms with Crippen molar-refractivity contribution in [1.82, 2.24) is 0 Å². The van der Waals surface area contributed by atoms with Gasteiger partial charge < -0.3 is 9.84 Å². The fourth-order valence-corrected chi connectivity index (χ4v) is 4.06. The second-order valence-electron chi connectivity index (χ2n) is 6.76. The van der Waals surface area contributed by atoms with E-state index in [1.165, 1.54) is 0 Å². The number of aliphatic hydroxyl groups is 1. The third-order valence-corrected chi connectivity index (χ3v) is 5.81. The van der Waals surface area contributed by atoms with Crippen LogP contribution < -0.4 is 4.74 Å². The molecule has 0 amide bonds. The van der Waals surface area contributed by atoms with E-state index in [-0.39, 0.29) is 18.6 Å². The van der Waals surface area contributed by atoms with E-state index < -0.39 is 69.9 Å². The SMILES string of the molecule is OC1c2c(SC(F)(F)F)ccc(OCC3(C(F)(F)F)CCC3)c2CC1(F)F. The molecule has 0 saturated heterocycles. The minimum absolute atomic E-state index is 0.167. The molecule has 0 heterocycles. The standard InChI is InChI=1S/C16H14F8O2S/c17-14(18)6-8-9(26-7-13(4-1-5-13)15(19,20)21)2-3-10(11(8)12(14)25)27-16(22,23)24/h2-3,12,25H,1,4-7H2. The molecule has 1 saturated carbocycles. The Bertz CT molecular complexity index is 724. The first-order valence-electron chi connectivity index (χ1n) is 7.93. The Kier molecular flexibility index (Phi) is 4.86. The minimum atomic E-state index is -4.78. The van der Waals surface area contributed by atoms with Crippen LogP contribution in [-0.2, 0) is 6.42 Å². The van der Waals surface area contributed by atoms with Crippen LogP contribution in [0.25, 0.3) is 0 Å². The molecule has 1 unspecified atom stereocenters. The molecule has 0 radical (unpaired) electrons. The molecule has 2 aliphatic carbocycles. The lowest BCUT2D eigenvalue weighted by Gasteiger charge is -2.42. The van der Waals surface area contributed by atoms with Gasteiger partial charge >= 0.3 is 11.7 Å². The van der Waals surface area contributed by atoms with Gasteiger partial charge in [-0.15, -0.1) is 0 Å². The van der Waals surface area contributed by atoms with Gasteiger partial charge in [0.2, 0.25) is 0 Å². The van der Waals surface area contributed by atoms with E-state index in [9.17, 15) is 40.2 Å². The highest BCUT2D eigenvalue weighted by molar-refractivity contribution is 8.00. The van der Waals surface area contributed by atoms with Gasteiger partial charge in [-0.05, 0) is 36.7 Å². The van der Waals surface area contributed by atoms with Crippen LogP contribution in [0.2, 0.25) is 0 Å². The minimum Gasteiger partial charge on any atom is -0.492 e. The lowest BCUT2D eigenvalue weighted by Crippen LogP contribution is -2.48. The van der Waals surface area contributed by atoms with Crippen LogP contribution in [0.4, 0.5) is 35.1 Å². The maximum Gasteiger partial charge on any atom is 0.446 e. The zero-order chi connectivity index (χ0) is 20.3. The molecule has 11 heteroatoms. The molecule has 0 bridgehead atoms. The van der Waals surface area contributed by atoms with Crippen LogP contribution in [-0.4, -0.2) is 29.3 Å². The number of benzene rings is 1. The summed E-state index contributed by atoms with van der Waals surface area (Å²) in [5, 5.41) is 9.76. The van der Waals surface area contributed by atoms with E-state index in [4.69, 9.17) is 4.74 Å². The van der Waals surface area contributed by atoms with Gasteiger partial charge in [0.15, 0.2) is 0 Å². The van der Waals surface area contributed by atoms with Gasteiger partial charge in [-0.3, -0.25) is 0 Å². The van der Waals surface area contributed by atoms with E-state index in [0.717, 1.165) is 12.1 Å². The average Bonchev–Trinajstić information content (AvgIpc) is 2.68. The van der Waals surface area contributed by atoms with Gasteiger partial charge in [-0.25, -0.2) is 8.78 Å². The summed E-state index contributed by atoms with van der Waals surface area (Å²) in [5.74, 6) is -4.09. The molecule has 1 aromatic rings. The summed E-state index contributed by atoms with van der Waals surface area (Å²) in [6.07, 6.45) is -8.12. The third-order valence-electron chi connectivity index (χ3n) is 5.00. The summed E-state index contributed by atoms with van der Waals surface area (Å²) in [7, 11) is 0. The number of ether oxygens (including phenoxy) is 1. The van der Waals surface area contributed by atoms with Crippen molar-refractivity contribution in [3.05, 3.63) is 23.3 Å². The van der Waals surface area contributed by atoms with Crippen LogP contribution in [0.15, 0.2) is 17.0 Å². The normalized spacial score (nSPS) is 23.7.